The molecule has 1 heterocycles. The Morgan fingerprint density at radius 2 is 1.89 bits per heavy atom. The van der Waals surface area contributed by atoms with Gasteiger partial charge >= 0.3 is 0 Å². The molecule has 1 aromatic heterocycles. The minimum Gasteiger partial charge on any atom is -0.467 e. The van der Waals surface area contributed by atoms with E-state index in [1.165, 1.54) is 0 Å². The van der Waals surface area contributed by atoms with Gasteiger partial charge in [-0.15, -0.1) is 0 Å². The molecule has 1 amide bonds. The summed E-state index contributed by atoms with van der Waals surface area (Å²) in [7, 11) is 0. The summed E-state index contributed by atoms with van der Waals surface area (Å²) in [5.74, 6) is 0.679. The maximum Gasteiger partial charge on any atom is 0.251 e. The van der Waals surface area contributed by atoms with Crippen molar-refractivity contribution in [2.45, 2.75) is 26.8 Å². The van der Waals surface area contributed by atoms with Crippen LogP contribution in [0, 0.1) is 13.8 Å². The highest BCUT2D eigenvalue weighted by atomic mass is 16.3. The van der Waals surface area contributed by atoms with Gasteiger partial charge in [0.1, 0.15) is 5.76 Å². The molecule has 3 heteroatoms. The molecule has 0 saturated carbocycles. The second-order valence-electron chi connectivity index (χ2n) is 4.59. The lowest BCUT2D eigenvalue weighted by Gasteiger charge is -2.12. The zero-order valence-electron chi connectivity index (χ0n) is 10.9. The smallest absolute Gasteiger partial charge is 0.251 e. The van der Waals surface area contributed by atoms with Crippen molar-refractivity contribution < 1.29 is 9.21 Å². The van der Waals surface area contributed by atoms with Gasteiger partial charge in [-0.05, 0) is 45.0 Å². The van der Waals surface area contributed by atoms with E-state index in [1.807, 2.05) is 51.1 Å². The van der Waals surface area contributed by atoms with Gasteiger partial charge in [0.2, 0.25) is 0 Å². The number of carbonyl (C=O) groups excluding carboxylic acids is 1. The summed E-state index contributed by atoms with van der Waals surface area (Å²) >= 11 is 0. The highest BCUT2D eigenvalue weighted by molar-refractivity contribution is 5.94. The molecule has 94 valence electrons. The minimum atomic E-state index is -0.131. The van der Waals surface area contributed by atoms with Crippen LogP contribution in [-0.4, -0.2) is 5.91 Å². The maximum atomic E-state index is 12.1. The van der Waals surface area contributed by atoms with Crippen LogP contribution in [0.1, 0.15) is 40.2 Å². The summed E-state index contributed by atoms with van der Waals surface area (Å²) < 4.78 is 5.26. The van der Waals surface area contributed by atoms with Crippen molar-refractivity contribution >= 4 is 5.91 Å². The van der Waals surface area contributed by atoms with Gasteiger partial charge < -0.3 is 9.73 Å². The predicted molar refractivity (Wildman–Crippen MR) is 70.5 cm³/mol. The number of amides is 1. The molecule has 0 bridgehead atoms. The van der Waals surface area contributed by atoms with Crippen molar-refractivity contribution in [3.63, 3.8) is 0 Å². The fraction of sp³-hybridized carbons (Fsp3) is 0.267. The fourth-order valence-corrected chi connectivity index (χ4v) is 1.99. The number of benzene rings is 1. The second kappa shape index (κ2) is 5.08. The minimum absolute atomic E-state index is 0.0781. The molecule has 0 aliphatic carbocycles. The molecule has 0 spiro atoms. The Labute approximate surface area is 107 Å². The Kier molecular flexibility index (Phi) is 3.51. The Bertz CT molecular complexity index is 523. The number of hydrogen-bond acceptors (Lipinski definition) is 2. The van der Waals surface area contributed by atoms with E-state index in [-0.39, 0.29) is 11.9 Å². The fourth-order valence-electron chi connectivity index (χ4n) is 1.99. The van der Waals surface area contributed by atoms with E-state index in [0.717, 1.165) is 16.9 Å². The third-order valence-corrected chi connectivity index (χ3v) is 2.80. The maximum absolute atomic E-state index is 12.1. The van der Waals surface area contributed by atoms with Crippen molar-refractivity contribution in [2.24, 2.45) is 0 Å². The van der Waals surface area contributed by atoms with Crippen molar-refractivity contribution in [1.82, 2.24) is 5.32 Å². The van der Waals surface area contributed by atoms with E-state index in [2.05, 4.69) is 5.32 Å². The Morgan fingerprint density at radius 1 is 1.22 bits per heavy atom. The summed E-state index contributed by atoms with van der Waals surface area (Å²) in [6.07, 6.45) is 1.61. The molecule has 0 fully saturated rings. The zero-order valence-corrected chi connectivity index (χ0v) is 10.9. The van der Waals surface area contributed by atoms with Crippen LogP contribution in [0.2, 0.25) is 0 Å². The lowest BCUT2D eigenvalue weighted by Crippen LogP contribution is -2.26. The number of carbonyl (C=O) groups is 1. The Balaban J connectivity index is 2.12. The third kappa shape index (κ3) is 2.80. The molecule has 0 aliphatic heterocycles. The molecule has 2 aromatic rings. The van der Waals surface area contributed by atoms with Crippen molar-refractivity contribution in [3.05, 3.63) is 59.0 Å². The number of furan rings is 1. The molecule has 2 rings (SSSR count). The molecular formula is C15H17NO2. The third-order valence-electron chi connectivity index (χ3n) is 2.80. The van der Waals surface area contributed by atoms with Gasteiger partial charge in [-0.1, -0.05) is 17.2 Å². The topological polar surface area (TPSA) is 42.2 Å². The van der Waals surface area contributed by atoms with Crippen LogP contribution in [-0.2, 0) is 0 Å². The van der Waals surface area contributed by atoms with Crippen LogP contribution in [0.15, 0.2) is 41.0 Å². The monoisotopic (exact) mass is 243 g/mol. The van der Waals surface area contributed by atoms with E-state index in [9.17, 15) is 4.79 Å². The summed E-state index contributed by atoms with van der Waals surface area (Å²) in [6.45, 7) is 5.87. The van der Waals surface area contributed by atoms with Gasteiger partial charge in [-0.3, -0.25) is 4.79 Å². The molecule has 0 unspecified atom stereocenters. The first-order valence-electron chi connectivity index (χ1n) is 5.99. The van der Waals surface area contributed by atoms with Crippen LogP contribution in [0.25, 0.3) is 0 Å². The van der Waals surface area contributed by atoms with E-state index in [0.29, 0.717) is 5.56 Å². The van der Waals surface area contributed by atoms with Crippen LogP contribution < -0.4 is 5.32 Å². The normalized spacial score (nSPS) is 12.2. The van der Waals surface area contributed by atoms with Crippen molar-refractivity contribution in [2.75, 3.05) is 0 Å². The van der Waals surface area contributed by atoms with E-state index >= 15 is 0 Å². The first kappa shape index (κ1) is 12.4. The highest BCUT2D eigenvalue weighted by Gasteiger charge is 2.13. The summed E-state index contributed by atoms with van der Waals surface area (Å²) in [4.78, 5) is 12.1. The molecule has 1 atom stereocenters. The lowest BCUT2D eigenvalue weighted by atomic mass is 10.1. The number of aryl methyl sites for hydroxylation is 2. The molecule has 1 aromatic carbocycles. The van der Waals surface area contributed by atoms with E-state index in [1.54, 1.807) is 6.26 Å². The van der Waals surface area contributed by atoms with Crippen LogP contribution >= 0.6 is 0 Å². The zero-order chi connectivity index (χ0) is 13.1. The quantitative estimate of drug-likeness (QED) is 0.897. The van der Waals surface area contributed by atoms with Crippen LogP contribution in [0.4, 0.5) is 0 Å². The molecule has 0 aliphatic rings. The first-order valence-corrected chi connectivity index (χ1v) is 5.99. The Morgan fingerprint density at radius 3 is 2.44 bits per heavy atom. The molecule has 18 heavy (non-hydrogen) atoms. The lowest BCUT2D eigenvalue weighted by molar-refractivity contribution is 0.0935. The summed E-state index contributed by atoms with van der Waals surface area (Å²) in [5.41, 5.74) is 2.86. The van der Waals surface area contributed by atoms with Gasteiger partial charge in [0.15, 0.2) is 0 Å². The van der Waals surface area contributed by atoms with Crippen molar-refractivity contribution in [1.29, 1.82) is 0 Å². The number of hydrogen-bond donors (Lipinski definition) is 1. The highest BCUT2D eigenvalue weighted by Crippen LogP contribution is 2.14. The van der Waals surface area contributed by atoms with E-state index in [4.69, 9.17) is 4.42 Å². The predicted octanol–water partition coefficient (Wildman–Crippen LogP) is 3.39. The SMILES string of the molecule is Cc1cc(C)cc(C(=O)N[C@@H](C)c2ccco2)c1. The Hall–Kier alpha value is -2.03. The molecule has 0 radical (unpaired) electrons. The molecule has 0 saturated heterocycles. The second-order valence-corrected chi connectivity index (χ2v) is 4.59. The van der Waals surface area contributed by atoms with Gasteiger partial charge in [0, 0.05) is 5.56 Å². The molecular weight excluding hydrogens is 226 g/mol. The molecule has 3 nitrogen and oxygen atoms in total. The number of rotatable bonds is 3. The first-order chi connectivity index (χ1) is 8.56. The van der Waals surface area contributed by atoms with Gasteiger partial charge in [0.05, 0.1) is 12.3 Å². The summed E-state index contributed by atoms with van der Waals surface area (Å²) in [5, 5.41) is 2.92. The number of nitrogens with one attached hydrogen (secondary N) is 1. The largest absolute Gasteiger partial charge is 0.467 e. The molecule has 1 N–H and O–H groups in total. The van der Waals surface area contributed by atoms with Gasteiger partial charge in [0.25, 0.3) is 5.91 Å². The average molecular weight is 243 g/mol. The van der Waals surface area contributed by atoms with Crippen LogP contribution in [0.5, 0.6) is 0 Å². The summed E-state index contributed by atoms with van der Waals surface area (Å²) in [6, 6.07) is 9.36. The van der Waals surface area contributed by atoms with Crippen LogP contribution in [0.3, 0.4) is 0 Å². The van der Waals surface area contributed by atoms with Gasteiger partial charge in [-0.2, -0.15) is 0 Å². The average Bonchev–Trinajstić information content (AvgIpc) is 2.80. The standard InChI is InChI=1S/C15H17NO2/c1-10-7-11(2)9-13(8-10)15(17)16-12(3)14-5-4-6-18-14/h4-9,12H,1-3H3,(H,16,17)/t12-/m0/s1. The van der Waals surface area contributed by atoms with E-state index < -0.39 is 0 Å². The van der Waals surface area contributed by atoms with Crippen molar-refractivity contribution in [3.8, 4) is 0 Å². The van der Waals surface area contributed by atoms with Gasteiger partial charge in [-0.25, -0.2) is 0 Å².